The Balaban J connectivity index is 1.26. The second-order valence-corrected chi connectivity index (χ2v) is 15.9. The lowest BCUT2D eigenvalue weighted by molar-refractivity contribution is -0.0606. The molecule has 4 aromatic heterocycles. The van der Waals surface area contributed by atoms with Crippen LogP contribution in [-0.2, 0) is 51.2 Å². The summed E-state index contributed by atoms with van der Waals surface area (Å²) >= 11 is 10.5. The Bertz CT molecular complexity index is 2080. The van der Waals surface area contributed by atoms with E-state index in [1.165, 1.54) is 17.2 Å². The molecule has 4 bridgehead atoms. The summed E-state index contributed by atoms with van der Waals surface area (Å²) in [7, 11) is 0. The highest BCUT2D eigenvalue weighted by molar-refractivity contribution is 8.07. The van der Waals surface area contributed by atoms with Crippen molar-refractivity contribution in [1.82, 2.24) is 39.0 Å². The lowest BCUT2D eigenvalue weighted by atomic mass is 10.1. The molecule has 0 radical (unpaired) electrons. The van der Waals surface area contributed by atoms with Crippen molar-refractivity contribution in [2.75, 3.05) is 24.7 Å². The molecule has 47 heavy (non-hydrogen) atoms. The van der Waals surface area contributed by atoms with Crippen LogP contribution in [0.5, 0.6) is 0 Å². The van der Waals surface area contributed by atoms with Crippen LogP contribution in [0, 0.1) is 0 Å². The van der Waals surface area contributed by atoms with Gasteiger partial charge in [-0.25, -0.2) is 24.3 Å². The fraction of sp³-hybridized carbons (Fsp3) is 0.500. The number of alkyl halides is 1. The van der Waals surface area contributed by atoms with Crippen molar-refractivity contribution in [1.29, 1.82) is 0 Å². The summed E-state index contributed by atoms with van der Waals surface area (Å²) < 4.78 is 53.2. The predicted molar refractivity (Wildman–Crippen MR) is 163 cm³/mol. The van der Waals surface area contributed by atoms with Gasteiger partial charge >= 0.3 is 13.4 Å². The van der Waals surface area contributed by atoms with E-state index in [1.807, 2.05) is 0 Å². The lowest BCUT2D eigenvalue weighted by Crippen LogP contribution is -2.35. The van der Waals surface area contributed by atoms with Gasteiger partial charge in [0.15, 0.2) is 41.3 Å². The van der Waals surface area contributed by atoms with E-state index >= 15 is 4.39 Å². The van der Waals surface area contributed by atoms with Crippen LogP contribution in [0.25, 0.3) is 32.8 Å². The fourth-order valence-corrected chi connectivity index (χ4v) is 8.27. The fourth-order valence-electron chi connectivity index (χ4n) is 5.45. The number of azide groups is 1. The molecule has 7 heterocycles. The highest BCUT2D eigenvalue weighted by Gasteiger charge is 2.53. The van der Waals surface area contributed by atoms with Gasteiger partial charge in [0, 0.05) is 4.91 Å². The van der Waals surface area contributed by atoms with E-state index in [9.17, 15) is 20.1 Å². The van der Waals surface area contributed by atoms with E-state index < -0.39 is 81.3 Å². The maximum atomic E-state index is 16.0. The third kappa shape index (κ3) is 5.88. The number of hydrogen-bond acceptors (Lipinski definition) is 17. The van der Waals surface area contributed by atoms with E-state index in [1.54, 1.807) is 0 Å². The SMILES string of the molecule is [N-]=[N+]=N[C@H]1[C@H]2OP(O)(=S)OC[C@H]3O[C@H](n4cnc5c(=O)[nH]c(N)nc54)[C@H](OP(O)(=S)OC[C@H]1O[C@H]2n1cnc2c(N)ncnc21)[C@@H]3F. The number of aromatic amines is 1. The Kier molecular flexibility index (Phi) is 8.24. The van der Waals surface area contributed by atoms with Crippen molar-refractivity contribution >= 4 is 71.1 Å². The number of aromatic nitrogens is 8. The molecular formula is C20H22FN13O9P2S2. The molecule has 3 aliphatic rings. The van der Waals surface area contributed by atoms with Gasteiger partial charge in [0.1, 0.15) is 30.2 Å². The Labute approximate surface area is 270 Å². The molecule has 27 heteroatoms. The Hall–Kier alpha value is -3.28. The van der Waals surface area contributed by atoms with Crippen molar-refractivity contribution < 1.29 is 41.7 Å². The van der Waals surface area contributed by atoms with Gasteiger partial charge in [0.2, 0.25) is 5.95 Å². The van der Waals surface area contributed by atoms with Crippen LogP contribution in [0.4, 0.5) is 16.2 Å². The van der Waals surface area contributed by atoms with E-state index in [4.69, 9.17) is 62.6 Å². The molecule has 2 unspecified atom stereocenters. The number of rotatable bonds is 3. The maximum absolute atomic E-state index is 16.0. The quantitative estimate of drug-likeness (QED) is 0.0812. The first-order valence-electron chi connectivity index (χ1n) is 13.3. The van der Waals surface area contributed by atoms with Crippen LogP contribution in [0.15, 0.2) is 28.9 Å². The molecule has 0 aromatic carbocycles. The molecule has 0 amide bonds. The molecule has 10 atom stereocenters. The second-order valence-electron chi connectivity index (χ2n) is 10.3. The molecule has 0 aliphatic carbocycles. The van der Waals surface area contributed by atoms with Gasteiger partial charge in [-0.15, -0.1) is 0 Å². The molecule has 3 aliphatic heterocycles. The molecule has 7 rings (SSSR count). The number of nitrogens with two attached hydrogens (primary N) is 2. The van der Waals surface area contributed by atoms with Crippen LogP contribution >= 0.6 is 13.4 Å². The van der Waals surface area contributed by atoms with Crippen LogP contribution in [0.3, 0.4) is 0 Å². The lowest BCUT2D eigenvalue weighted by Gasteiger charge is -2.28. The molecule has 3 saturated heterocycles. The summed E-state index contributed by atoms with van der Waals surface area (Å²) in [6.07, 6.45) is -6.92. The van der Waals surface area contributed by atoms with E-state index in [2.05, 4.69) is 39.9 Å². The molecular weight excluding hydrogens is 711 g/mol. The zero-order chi connectivity index (χ0) is 33.2. The Morgan fingerprint density at radius 2 is 1.60 bits per heavy atom. The predicted octanol–water partition coefficient (Wildman–Crippen LogP) is 0.186. The number of H-pyrrole nitrogens is 1. The van der Waals surface area contributed by atoms with Crippen molar-refractivity contribution in [2.24, 2.45) is 5.11 Å². The first kappa shape index (κ1) is 32.3. The van der Waals surface area contributed by atoms with Crippen molar-refractivity contribution in [2.45, 2.75) is 49.1 Å². The summed E-state index contributed by atoms with van der Waals surface area (Å²) in [6.45, 7) is -9.92. The summed E-state index contributed by atoms with van der Waals surface area (Å²) in [4.78, 5) is 60.1. The zero-order valence-electron chi connectivity index (χ0n) is 23.2. The third-order valence-corrected chi connectivity index (χ3v) is 10.6. The summed E-state index contributed by atoms with van der Waals surface area (Å²) in [5, 5.41) is 3.77. The number of anilines is 2. The monoisotopic (exact) mass is 733 g/mol. The number of nitrogens with one attached hydrogen (secondary N) is 1. The molecule has 22 nitrogen and oxygen atoms in total. The topological polar surface area (TPSA) is 304 Å². The smallest absolute Gasteiger partial charge is 0.325 e. The third-order valence-electron chi connectivity index (χ3n) is 7.46. The minimum Gasteiger partial charge on any atom is -0.382 e. The van der Waals surface area contributed by atoms with Gasteiger partial charge in [-0.3, -0.25) is 23.4 Å². The Morgan fingerprint density at radius 3 is 2.32 bits per heavy atom. The standard InChI is InChI=1S/C20H22FN13O9P2S2/c21-8-6-1-38-45(37,47)43-13-9(31-32-24)7(41-19(13)33-4-27-10-14(22)25-3-26-15(10)33)2-39-44(36,46)42-12(8)18(40-6)34-5-28-11-16(34)29-20(23)30-17(11)35/h3-9,12-13,18-19H,1-2H2,(H,36,46)(H,37,47)(H2,22,25,26)(H3,23,29,30,35)/t6-,7-,8-,9-,12-,13-,18+,19-,44?,45?/m1/s1. The molecule has 250 valence electrons. The van der Waals surface area contributed by atoms with Crippen LogP contribution in [0.2, 0.25) is 0 Å². The molecule has 4 aromatic rings. The van der Waals surface area contributed by atoms with Crippen molar-refractivity contribution in [3.8, 4) is 0 Å². The highest BCUT2D eigenvalue weighted by atomic mass is 32.5. The average Bonchev–Trinajstić information content (AvgIpc) is 3.76. The van der Waals surface area contributed by atoms with E-state index in [0.717, 1.165) is 10.9 Å². The molecule has 0 spiro atoms. The molecule has 3 fully saturated rings. The van der Waals surface area contributed by atoms with Gasteiger partial charge in [-0.1, -0.05) is 5.11 Å². The second kappa shape index (κ2) is 12.0. The summed E-state index contributed by atoms with van der Waals surface area (Å²) in [5.74, 6) is -0.197. The normalized spacial score (nSPS) is 36.3. The van der Waals surface area contributed by atoms with Gasteiger partial charge in [-0.2, -0.15) is 4.98 Å². The number of halogens is 1. The number of ether oxygens (including phenoxy) is 2. The first-order chi connectivity index (χ1) is 22.4. The van der Waals surface area contributed by atoms with Crippen LogP contribution < -0.4 is 17.0 Å². The van der Waals surface area contributed by atoms with Gasteiger partial charge < -0.3 is 44.3 Å². The minimum absolute atomic E-state index is 0.0617. The Morgan fingerprint density at radius 1 is 0.979 bits per heavy atom. The maximum Gasteiger partial charge on any atom is 0.325 e. The number of imidazole rings is 2. The number of hydrogen-bond donors (Lipinski definition) is 5. The largest absolute Gasteiger partial charge is 0.382 e. The summed E-state index contributed by atoms with van der Waals surface area (Å²) in [6, 6.07) is -1.26. The first-order valence-corrected chi connectivity index (χ1v) is 18.5. The zero-order valence-corrected chi connectivity index (χ0v) is 26.7. The highest BCUT2D eigenvalue weighted by Crippen LogP contribution is 2.54. The van der Waals surface area contributed by atoms with Gasteiger partial charge in [0.05, 0.1) is 38.0 Å². The number of nitrogen functional groups attached to an aromatic ring is 2. The van der Waals surface area contributed by atoms with Gasteiger partial charge in [0.25, 0.3) is 5.56 Å². The van der Waals surface area contributed by atoms with E-state index in [0.29, 0.717) is 0 Å². The van der Waals surface area contributed by atoms with Crippen LogP contribution in [0.1, 0.15) is 12.5 Å². The summed E-state index contributed by atoms with van der Waals surface area (Å²) in [5.41, 5.74) is 20.5. The van der Waals surface area contributed by atoms with Crippen LogP contribution in [-0.4, -0.2) is 98.7 Å². The molecule has 7 N–H and O–H groups in total. The van der Waals surface area contributed by atoms with E-state index in [-0.39, 0.29) is 34.1 Å². The average molecular weight is 734 g/mol. The minimum atomic E-state index is -4.34. The number of nitrogens with zero attached hydrogens (tertiary/aromatic N) is 10. The van der Waals surface area contributed by atoms with Crippen molar-refractivity contribution in [3.05, 3.63) is 39.8 Å². The van der Waals surface area contributed by atoms with Crippen molar-refractivity contribution in [3.63, 3.8) is 0 Å². The van der Waals surface area contributed by atoms with Gasteiger partial charge in [-0.05, 0) is 29.1 Å². The molecule has 0 saturated carbocycles. The number of fused-ring (bicyclic) bond motifs is 6.